The van der Waals surface area contributed by atoms with Gasteiger partial charge in [-0.05, 0) is 46.1 Å². The van der Waals surface area contributed by atoms with Gasteiger partial charge in [0.15, 0.2) is 0 Å². The van der Waals surface area contributed by atoms with Gasteiger partial charge in [0.1, 0.15) is 5.82 Å². The smallest absolute Gasteiger partial charge is 0.237 e. The number of nitrogens with two attached hydrogens (primary N) is 2. The zero-order chi connectivity index (χ0) is 15.4. The van der Waals surface area contributed by atoms with Crippen molar-refractivity contribution >= 4 is 33.3 Å². The summed E-state index contributed by atoms with van der Waals surface area (Å²) in [5.41, 5.74) is 14.0. The summed E-state index contributed by atoms with van der Waals surface area (Å²) in [4.78, 5) is 17.5. The van der Waals surface area contributed by atoms with Gasteiger partial charge in [-0.15, -0.1) is 0 Å². The molecule has 1 heterocycles. The van der Waals surface area contributed by atoms with Crippen molar-refractivity contribution in [3.8, 4) is 0 Å². The number of anilines is 2. The van der Waals surface area contributed by atoms with Crippen LogP contribution in [0.2, 0.25) is 0 Å². The standard InChI is InChI=1S/C15H17BrN4O/c1-10-6-15(19-7-12(10)16)20(9-14(18)21)8-11-4-2-3-5-13(11)17/h2-7H,8-9,17H2,1H3,(H2,18,21). The molecule has 2 rings (SSSR count). The number of nitrogen functional groups attached to an aromatic ring is 1. The van der Waals surface area contributed by atoms with E-state index in [1.807, 2.05) is 42.2 Å². The highest BCUT2D eigenvalue weighted by Crippen LogP contribution is 2.22. The van der Waals surface area contributed by atoms with Crippen LogP contribution in [-0.4, -0.2) is 17.4 Å². The van der Waals surface area contributed by atoms with Crippen molar-refractivity contribution in [1.82, 2.24) is 4.98 Å². The van der Waals surface area contributed by atoms with E-state index in [1.165, 1.54) is 0 Å². The summed E-state index contributed by atoms with van der Waals surface area (Å²) in [5, 5.41) is 0. The Morgan fingerprint density at radius 3 is 2.71 bits per heavy atom. The van der Waals surface area contributed by atoms with Crippen molar-refractivity contribution in [2.75, 3.05) is 17.2 Å². The molecular weight excluding hydrogens is 332 g/mol. The number of benzene rings is 1. The molecule has 0 saturated heterocycles. The lowest BCUT2D eigenvalue weighted by Gasteiger charge is -2.23. The zero-order valence-electron chi connectivity index (χ0n) is 11.7. The van der Waals surface area contributed by atoms with Crippen molar-refractivity contribution in [3.05, 3.63) is 52.1 Å². The number of aromatic nitrogens is 1. The molecular formula is C15H17BrN4O. The Bertz CT molecular complexity index is 660. The molecule has 0 bridgehead atoms. The second kappa shape index (κ2) is 6.58. The molecule has 0 atom stereocenters. The lowest BCUT2D eigenvalue weighted by atomic mass is 10.1. The second-order valence-electron chi connectivity index (χ2n) is 4.81. The van der Waals surface area contributed by atoms with Crippen molar-refractivity contribution in [3.63, 3.8) is 0 Å². The van der Waals surface area contributed by atoms with E-state index in [2.05, 4.69) is 20.9 Å². The van der Waals surface area contributed by atoms with Crippen molar-refractivity contribution in [2.45, 2.75) is 13.5 Å². The van der Waals surface area contributed by atoms with Gasteiger partial charge in [0.25, 0.3) is 0 Å². The van der Waals surface area contributed by atoms with E-state index in [-0.39, 0.29) is 6.54 Å². The molecule has 0 saturated carbocycles. The second-order valence-corrected chi connectivity index (χ2v) is 5.67. The van der Waals surface area contributed by atoms with Crippen LogP contribution in [0.25, 0.3) is 0 Å². The molecule has 0 aliphatic heterocycles. The van der Waals surface area contributed by atoms with Crippen LogP contribution in [0.4, 0.5) is 11.5 Å². The quantitative estimate of drug-likeness (QED) is 0.811. The van der Waals surface area contributed by atoms with E-state index < -0.39 is 5.91 Å². The Hall–Kier alpha value is -2.08. The number of hydrogen-bond acceptors (Lipinski definition) is 4. The third-order valence-corrected chi connectivity index (χ3v) is 3.95. The van der Waals surface area contributed by atoms with Crippen molar-refractivity contribution in [2.24, 2.45) is 5.73 Å². The maximum Gasteiger partial charge on any atom is 0.237 e. The lowest BCUT2D eigenvalue weighted by Crippen LogP contribution is -2.34. The summed E-state index contributed by atoms with van der Waals surface area (Å²) in [5.74, 6) is 0.282. The normalized spacial score (nSPS) is 10.4. The predicted molar refractivity (Wildman–Crippen MR) is 87.8 cm³/mol. The van der Waals surface area contributed by atoms with E-state index in [4.69, 9.17) is 11.5 Å². The van der Waals surface area contributed by atoms with Gasteiger partial charge in [0.05, 0.1) is 6.54 Å². The maximum absolute atomic E-state index is 11.3. The number of rotatable bonds is 5. The minimum absolute atomic E-state index is 0.0857. The molecule has 6 heteroatoms. The van der Waals surface area contributed by atoms with Crippen LogP contribution >= 0.6 is 15.9 Å². The first-order valence-electron chi connectivity index (χ1n) is 6.46. The number of hydrogen-bond donors (Lipinski definition) is 2. The Balaban J connectivity index is 2.32. The van der Waals surface area contributed by atoms with Crippen LogP contribution in [0, 0.1) is 6.92 Å². The van der Waals surface area contributed by atoms with Crippen LogP contribution in [0.15, 0.2) is 41.0 Å². The van der Waals surface area contributed by atoms with Crippen LogP contribution in [0.3, 0.4) is 0 Å². The first-order valence-corrected chi connectivity index (χ1v) is 7.25. The average molecular weight is 349 g/mol. The van der Waals surface area contributed by atoms with E-state index in [0.717, 1.165) is 15.6 Å². The van der Waals surface area contributed by atoms with Gasteiger partial charge in [-0.1, -0.05) is 18.2 Å². The summed E-state index contributed by atoms with van der Waals surface area (Å²) < 4.78 is 0.921. The third kappa shape index (κ3) is 3.95. The van der Waals surface area contributed by atoms with Crippen LogP contribution < -0.4 is 16.4 Å². The Morgan fingerprint density at radius 2 is 2.10 bits per heavy atom. The minimum Gasteiger partial charge on any atom is -0.398 e. The fraction of sp³-hybridized carbons (Fsp3) is 0.200. The fourth-order valence-electron chi connectivity index (χ4n) is 1.99. The van der Waals surface area contributed by atoms with E-state index in [1.54, 1.807) is 6.20 Å². The van der Waals surface area contributed by atoms with Crippen LogP contribution in [0.1, 0.15) is 11.1 Å². The zero-order valence-corrected chi connectivity index (χ0v) is 13.3. The molecule has 0 aliphatic carbocycles. The number of aryl methyl sites for hydroxylation is 1. The molecule has 5 nitrogen and oxygen atoms in total. The van der Waals surface area contributed by atoms with Gasteiger partial charge < -0.3 is 16.4 Å². The largest absolute Gasteiger partial charge is 0.398 e. The molecule has 1 aromatic carbocycles. The average Bonchev–Trinajstić information content (AvgIpc) is 2.43. The third-order valence-electron chi connectivity index (χ3n) is 3.12. The van der Waals surface area contributed by atoms with Gasteiger partial charge in [0, 0.05) is 22.9 Å². The SMILES string of the molecule is Cc1cc(N(CC(N)=O)Cc2ccccc2N)ncc1Br. The lowest BCUT2D eigenvalue weighted by molar-refractivity contribution is -0.116. The van der Waals surface area contributed by atoms with Crippen molar-refractivity contribution < 1.29 is 4.79 Å². The summed E-state index contributed by atoms with van der Waals surface area (Å²) in [6.07, 6.45) is 1.72. The number of primary amides is 1. The van der Waals surface area contributed by atoms with E-state index in [0.29, 0.717) is 18.1 Å². The van der Waals surface area contributed by atoms with Gasteiger partial charge in [-0.25, -0.2) is 4.98 Å². The molecule has 0 unspecified atom stereocenters. The van der Waals surface area contributed by atoms with Gasteiger partial charge in [0.2, 0.25) is 5.91 Å². The molecule has 4 N–H and O–H groups in total. The number of pyridine rings is 1. The molecule has 110 valence electrons. The summed E-state index contributed by atoms with van der Waals surface area (Å²) in [6.45, 7) is 2.53. The number of para-hydroxylation sites is 1. The molecule has 0 aliphatic rings. The number of nitrogens with zero attached hydrogens (tertiary/aromatic N) is 2. The van der Waals surface area contributed by atoms with E-state index >= 15 is 0 Å². The summed E-state index contributed by atoms with van der Waals surface area (Å²) >= 11 is 3.42. The number of carbonyl (C=O) groups excluding carboxylic acids is 1. The monoisotopic (exact) mass is 348 g/mol. The van der Waals surface area contributed by atoms with Crippen molar-refractivity contribution in [1.29, 1.82) is 0 Å². The molecule has 21 heavy (non-hydrogen) atoms. The number of halogens is 1. The molecule has 0 radical (unpaired) electrons. The molecule has 0 spiro atoms. The van der Waals surface area contributed by atoms with Gasteiger partial charge in [-0.2, -0.15) is 0 Å². The topological polar surface area (TPSA) is 85.2 Å². The Labute approximate surface area is 132 Å². The highest BCUT2D eigenvalue weighted by Gasteiger charge is 2.13. The fourth-order valence-corrected chi connectivity index (χ4v) is 2.20. The first kappa shape index (κ1) is 15.3. The molecule has 1 amide bonds. The number of carbonyl (C=O) groups is 1. The predicted octanol–water partition coefficient (Wildman–Crippen LogP) is 2.23. The minimum atomic E-state index is -0.410. The number of amides is 1. The maximum atomic E-state index is 11.3. The van der Waals surface area contributed by atoms with Crippen LogP contribution in [0.5, 0.6) is 0 Å². The highest BCUT2D eigenvalue weighted by atomic mass is 79.9. The molecule has 1 aromatic heterocycles. The molecule has 2 aromatic rings. The van der Waals surface area contributed by atoms with Crippen LogP contribution in [-0.2, 0) is 11.3 Å². The Morgan fingerprint density at radius 1 is 1.38 bits per heavy atom. The summed E-state index contributed by atoms with van der Waals surface area (Å²) in [6, 6.07) is 9.45. The Kier molecular flexibility index (Phi) is 4.80. The van der Waals surface area contributed by atoms with Gasteiger partial charge >= 0.3 is 0 Å². The molecule has 0 fully saturated rings. The highest BCUT2D eigenvalue weighted by molar-refractivity contribution is 9.10. The van der Waals surface area contributed by atoms with E-state index in [9.17, 15) is 4.79 Å². The summed E-state index contributed by atoms with van der Waals surface area (Å²) in [7, 11) is 0. The van der Waals surface area contributed by atoms with Gasteiger partial charge in [-0.3, -0.25) is 4.79 Å². The first-order chi connectivity index (χ1) is 9.97.